The molecular formula is C24H28N4O. The number of hydrogen-bond donors (Lipinski definition) is 0. The largest absolute Gasteiger partial charge is 0.350 e. The monoisotopic (exact) mass is 388 g/mol. The van der Waals surface area contributed by atoms with Crippen molar-refractivity contribution in [2.75, 3.05) is 24.5 Å². The average Bonchev–Trinajstić information content (AvgIpc) is 2.74. The van der Waals surface area contributed by atoms with Crippen LogP contribution in [0.4, 0.5) is 5.82 Å². The van der Waals surface area contributed by atoms with Gasteiger partial charge in [-0.25, -0.2) is 4.98 Å². The maximum absolute atomic E-state index is 12.8. The van der Waals surface area contributed by atoms with Gasteiger partial charge in [0.15, 0.2) is 0 Å². The van der Waals surface area contributed by atoms with E-state index in [2.05, 4.69) is 46.1 Å². The van der Waals surface area contributed by atoms with Crippen molar-refractivity contribution >= 4 is 22.6 Å². The summed E-state index contributed by atoms with van der Waals surface area (Å²) in [7, 11) is 0. The van der Waals surface area contributed by atoms with E-state index in [0.717, 1.165) is 49.4 Å². The third kappa shape index (κ3) is 4.39. The van der Waals surface area contributed by atoms with Gasteiger partial charge in [0, 0.05) is 49.9 Å². The van der Waals surface area contributed by atoms with Crippen molar-refractivity contribution in [3.63, 3.8) is 0 Å². The second-order valence-corrected chi connectivity index (χ2v) is 7.92. The fraction of sp³-hybridized carbons (Fsp3) is 0.375. The Kier molecular flexibility index (Phi) is 5.74. The molecule has 1 aliphatic rings. The number of carbonyl (C=O) groups is 1. The first-order valence-corrected chi connectivity index (χ1v) is 10.4. The zero-order chi connectivity index (χ0) is 20.2. The highest BCUT2D eigenvalue weighted by Crippen LogP contribution is 2.21. The number of hydrogen-bond acceptors (Lipinski definition) is 4. The van der Waals surface area contributed by atoms with Gasteiger partial charge >= 0.3 is 0 Å². The summed E-state index contributed by atoms with van der Waals surface area (Å²) in [6, 6.07) is 14.7. The van der Waals surface area contributed by atoms with Crippen molar-refractivity contribution < 1.29 is 4.79 Å². The first-order valence-electron chi connectivity index (χ1n) is 10.4. The van der Waals surface area contributed by atoms with E-state index in [1.165, 1.54) is 10.9 Å². The summed E-state index contributed by atoms with van der Waals surface area (Å²) < 4.78 is 0. The van der Waals surface area contributed by atoms with E-state index >= 15 is 0 Å². The minimum absolute atomic E-state index is 0.256. The van der Waals surface area contributed by atoms with Gasteiger partial charge < -0.3 is 9.80 Å². The Bertz CT molecular complexity index is 980. The molecule has 1 atom stereocenters. The van der Waals surface area contributed by atoms with Gasteiger partial charge in [-0.3, -0.25) is 9.78 Å². The lowest BCUT2D eigenvalue weighted by Crippen LogP contribution is -2.54. The van der Waals surface area contributed by atoms with Gasteiger partial charge in [0.1, 0.15) is 5.82 Å². The van der Waals surface area contributed by atoms with E-state index in [1.54, 1.807) is 0 Å². The van der Waals surface area contributed by atoms with Crippen LogP contribution in [0.1, 0.15) is 30.9 Å². The number of benzene rings is 1. The van der Waals surface area contributed by atoms with Gasteiger partial charge in [-0.15, -0.1) is 0 Å². The molecule has 5 heteroatoms. The molecule has 0 radical (unpaired) electrons. The van der Waals surface area contributed by atoms with Crippen LogP contribution in [0.3, 0.4) is 0 Å². The van der Waals surface area contributed by atoms with Gasteiger partial charge in [0.25, 0.3) is 0 Å². The maximum atomic E-state index is 12.8. The number of aryl methyl sites for hydroxylation is 2. The summed E-state index contributed by atoms with van der Waals surface area (Å²) in [6.07, 6.45) is 6.08. The molecule has 1 aromatic carbocycles. The molecule has 1 aliphatic heterocycles. The lowest BCUT2D eigenvalue weighted by Gasteiger charge is -2.40. The van der Waals surface area contributed by atoms with Crippen LogP contribution in [0.25, 0.3) is 10.9 Å². The molecule has 1 fully saturated rings. The first-order chi connectivity index (χ1) is 14.1. The second-order valence-electron chi connectivity index (χ2n) is 7.92. The van der Waals surface area contributed by atoms with E-state index in [0.29, 0.717) is 6.42 Å². The molecule has 3 heterocycles. The van der Waals surface area contributed by atoms with Crippen molar-refractivity contribution in [1.29, 1.82) is 0 Å². The Labute approximate surface area is 172 Å². The van der Waals surface area contributed by atoms with Crippen LogP contribution in [-0.2, 0) is 11.2 Å². The molecule has 5 nitrogen and oxygen atoms in total. The number of amides is 1. The summed E-state index contributed by atoms with van der Waals surface area (Å²) >= 11 is 0. The zero-order valence-corrected chi connectivity index (χ0v) is 17.2. The lowest BCUT2D eigenvalue weighted by atomic mass is 10.0. The molecule has 3 aromatic rings. The van der Waals surface area contributed by atoms with Crippen molar-refractivity contribution in [2.24, 2.45) is 0 Å². The number of nitrogens with zero attached hydrogens (tertiary/aromatic N) is 4. The van der Waals surface area contributed by atoms with Crippen molar-refractivity contribution in [3.8, 4) is 0 Å². The fourth-order valence-electron chi connectivity index (χ4n) is 4.13. The topological polar surface area (TPSA) is 49.3 Å². The van der Waals surface area contributed by atoms with Gasteiger partial charge in [-0.05, 0) is 56.0 Å². The number of rotatable bonds is 5. The normalized spacial score (nSPS) is 17.0. The van der Waals surface area contributed by atoms with E-state index in [1.807, 2.05) is 42.4 Å². The molecule has 0 saturated carbocycles. The Balaban J connectivity index is 1.31. The molecule has 0 bridgehead atoms. The van der Waals surface area contributed by atoms with Crippen molar-refractivity contribution in [2.45, 2.75) is 39.2 Å². The molecule has 0 aliphatic carbocycles. The van der Waals surface area contributed by atoms with Gasteiger partial charge in [0.05, 0.1) is 5.52 Å². The molecule has 1 unspecified atom stereocenters. The summed E-state index contributed by atoms with van der Waals surface area (Å²) in [4.78, 5) is 26.0. The highest BCUT2D eigenvalue weighted by atomic mass is 16.2. The molecular weight excluding hydrogens is 360 g/mol. The van der Waals surface area contributed by atoms with Crippen molar-refractivity contribution in [3.05, 3.63) is 66.0 Å². The van der Waals surface area contributed by atoms with Crippen LogP contribution < -0.4 is 4.90 Å². The molecule has 150 valence electrons. The zero-order valence-electron chi connectivity index (χ0n) is 17.2. The third-order valence-corrected chi connectivity index (χ3v) is 5.74. The third-order valence-electron chi connectivity index (χ3n) is 5.74. The van der Waals surface area contributed by atoms with E-state index in [4.69, 9.17) is 0 Å². The molecule has 2 aromatic heterocycles. The standard InChI is InChI=1S/C24H28N4O/c1-18-11-12-23(26-16-18)28-15-14-27(17-19(28)2)24(29)10-4-7-20-6-3-9-22-21(20)8-5-13-25-22/h3,5-6,8-9,11-13,16,19H,4,7,10,14-15,17H2,1-2H3. The highest BCUT2D eigenvalue weighted by Gasteiger charge is 2.27. The average molecular weight is 389 g/mol. The molecule has 0 N–H and O–H groups in total. The summed E-state index contributed by atoms with van der Waals surface area (Å²) in [5.74, 6) is 1.26. The van der Waals surface area contributed by atoms with Crippen LogP contribution >= 0.6 is 0 Å². The van der Waals surface area contributed by atoms with Gasteiger partial charge in [0.2, 0.25) is 5.91 Å². The summed E-state index contributed by atoms with van der Waals surface area (Å²) in [5, 5.41) is 1.19. The minimum atomic E-state index is 0.256. The Morgan fingerprint density at radius 3 is 2.79 bits per heavy atom. The summed E-state index contributed by atoms with van der Waals surface area (Å²) in [6.45, 7) is 6.57. The quantitative estimate of drug-likeness (QED) is 0.663. The van der Waals surface area contributed by atoms with Crippen molar-refractivity contribution in [1.82, 2.24) is 14.9 Å². The molecule has 1 saturated heterocycles. The van der Waals surface area contributed by atoms with Gasteiger partial charge in [-0.1, -0.05) is 24.3 Å². The number of piperazine rings is 1. The van der Waals surface area contributed by atoms with E-state index in [9.17, 15) is 4.79 Å². The van der Waals surface area contributed by atoms with E-state index in [-0.39, 0.29) is 11.9 Å². The first kappa shape index (κ1) is 19.4. The van der Waals surface area contributed by atoms with Crippen LogP contribution in [0.2, 0.25) is 0 Å². The van der Waals surface area contributed by atoms with Crippen LogP contribution in [0.5, 0.6) is 0 Å². The Morgan fingerprint density at radius 2 is 2.00 bits per heavy atom. The minimum Gasteiger partial charge on any atom is -0.350 e. The molecule has 0 spiro atoms. The smallest absolute Gasteiger partial charge is 0.222 e. The summed E-state index contributed by atoms with van der Waals surface area (Å²) in [5.41, 5.74) is 3.45. The van der Waals surface area contributed by atoms with Crippen LogP contribution in [0, 0.1) is 6.92 Å². The number of anilines is 1. The SMILES string of the molecule is Cc1ccc(N2CCN(C(=O)CCCc3cccc4ncccc34)CC2C)nc1. The Hall–Kier alpha value is -2.95. The second kappa shape index (κ2) is 8.60. The number of fused-ring (bicyclic) bond motifs is 1. The molecule has 4 rings (SSSR count). The molecule has 29 heavy (non-hydrogen) atoms. The Morgan fingerprint density at radius 1 is 1.10 bits per heavy atom. The predicted molar refractivity (Wildman–Crippen MR) is 117 cm³/mol. The highest BCUT2D eigenvalue weighted by molar-refractivity contribution is 5.82. The number of aromatic nitrogens is 2. The number of pyridine rings is 2. The van der Waals surface area contributed by atoms with E-state index < -0.39 is 0 Å². The fourth-order valence-corrected chi connectivity index (χ4v) is 4.13. The van der Waals surface area contributed by atoms with Gasteiger partial charge in [-0.2, -0.15) is 0 Å². The number of carbonyl (C=O) groups excluding carboxylic acids is 1. The maximum Gasteiger partial charge on any atom is 0.222 e. The lowest BCUT2D eigenvalue weighted by molar-refractivity contribution is -0.132. The molecule has 1 amide bonds. The van der Waals surface area contributed by atoms with Crippen LogP contribution in [0.15, 0.2) is 54.9 Å². The predicted octanol–water partition coefficient (Wildman–Crippen LogP) is 4.00. The van der Waals surface area contributed by atoms with Crippen LogP contribution in [-0.4, -0.2) is 46.5 Å².